The zero-order valence-corrected chi connectivity index (χ0v) is 21.8. The van der Waals surface area contributed by atoms with E-state index >= 15 is 0 Å². The number of amides is 1. The van der Waals surface area contributed by atoms with Crippen LogP contribution in [0.3, 0.4) is 0 Å². The lowest BCUT2D eigenvalue weighted by Gasteiger charge is -2.35. The minimum Gasteiger partial charge on any atom is -0.496 e. The Morgan fingerprint density at radius 2 is 1.66 bits per heavy atom. The van der Waals surface area contributed by atoms with Crippen LogP contribution in [0.2, 0.25) is 0 Å². The average Bonchev–Trinajstić information content (AvgIpc) is 2.87. The van der Waals surface area contributed by atoms with Gasteiger partial charge in [0, 0.05) is 50.2 Å². The fraction of sp³-hybridized carbons (Fsp3) is 0.519. The molecule has 35 heavy (non-hydrogen) atoms. The second kappa shape index (κ2) is 11.1. The molecule has 1 N–H and O–H groups in total. The molecule has 2 fully saturated rings. The maximum atomic E-state index is 13.1. The normalized spacial score (nSPS) is 18.9. The fourth-order valence-electron chi connectivity index (χ4n) is 5.01. The summed E-state index contributed by atoms with van der Waals surface area (Å²) in [5.41, 5.74) is 3.22. The van der Waals surface area contributed by atoms with Gasteiger partial charge in [0.05, 0.1) is 12.0 Å². The summed E-state index contributed by atoms with van der Waals surface area (Å²) in [5, 5.41) is 3.24. The minimum absolute atomic E-state index is 0.0661. The van der Waals surface area contributed by atoms with E-state index in [1.807, 2.05) is 38.1 Å². The zero-order chi connectivity index (χ0) is 25.0. The van der Waals surface area contributed by atoms with Crippen LogP contribution in [0.15, 0.2) is 47.4 Å². The zero-order valence-electron chi connectivity index (χ0n) is 21.0. The van der Waals surface area contributed by atoms with Gasteiger partial charge in [-0.15, -0.1) is 0 Å². The van der Waals surface area contributed by atoms with Crippen molar-refractivity contribution in [2.45, 2.75) is 57.0 Å². The second-order valence-corrected chi connectivity index (χ2v) is 11.7. The SMILES string of the molecule is COc1ccccc1CN1CCC(NC(=O)C2CCN(S(=O)(=O)c3ccc(C)c(C)c3)CC2)CC1. The van der Waals surface area contributed by atoms with E-state index in [9.17, 15) is 13.2 Å². The lowest BCUT2D eigenvalue weighted by Crippen LogP contribution is -2.48. The van der Waals surface area contributed by atoms with Crippen molar-refractivity contribution < 1.29 is 17.9 Å². The van der Waals surface area contributed by atoms with E-state index in [0.717, 1.165) is 49.4 Å². The van der Waals surface area contributed by atoms with Gasteiger partial charge in [0.2, 0.25) is 15.9 Å². The van der Waals surface area contributed by atoms with Crippen molar-refractivity contribution in [2.24, 2.45) is 5.92 Å². The molecule has 0 aromatic heterocycles. The third-order valence-corrected chi connectivity index (χ3v) is 9.36. The van der Waals surface area contributed by atoms with E-state index in [-0.39, 0.29) is 17.9 Å². The Morgan fingerprint density at radius 3 is 2.31 bits per heavy atom. The number of nitrogens with one attached hydrogen (secondary N) is 1. The number of likely N-dealkylation sites (tertiary alicyclic amines) is 1. The van der Waals surface area contributed by atoms with Crippen molar-refractivity contribution in [1.82, 2.24) is 14.5 Å². The number of sulfonamides is 1. The molecular weight excluding hydrogens is 462 g/mol. The molecule has 0 atom stereocenters. The van der Waals surface area contributed by atoms with Crippen molar-refractivity contribution in [2.75, 3.05) is 33.3 Å². The third kappa shape index (κ3) is 6.05. The maximum absolute atomic E-state index is 13.1. The third-order valence-electron chi connectivity index (χ3n) is 7.46. The van der Waals surface area contributed by atoms with E-state index in [0.29, 0.717) is 30.8 Å². The molecule has 0 saturated carbocycles. The number of carbonyl (C=O) groups excluding carboxylic acids is 1. The summed E-state index contributed by atoms with van der Waals surface area (Å²) >= 11 is 0. The number of hydrogen-bond donors (Lipinski definition) is 1. The number of ether oxygens (including phenoxy) is 1. The summed E-state index contributed by atoms with van der Waals surface area (Å²) in [6, 6.07) is 13.5. The smallest absolute Gasteiger partial charge is 0.243 e. The lowest BCUT2D eigenvalue weighted by atomic mass is 9.95. The number of piperidine rings is 2. The van der Waals surface area contributed by atoms with Crippen LogP contribution in [0.25, 0.3) is 0 Å². The molecule has 0 aliphatic carbocycles. The summed E-state index contributed by atoms with van der Waals surface area (Å²) in [6.45, 7) is 7.35. The van der Waals surface area contributed by atoms with Crippen LogP contribution in [0.5, 0.6) is 5.75 Å². The number of benzene rings is 2. The summed E-state index contributed by atoms with van der Waals surface area (Å²) in [7, 11) is -1.83. The van der Waals surface area contributed by atoms with E-state index < -0.39 is 10.0 Å². The molecule has 0 unspecified atom stereocenters. The first-order valence-electron chi connectivity index (χ1n) is 12.5. The van der Waals surface area contributed by atoms with Gasteiger partial charge in [-0.2, -0.15) is 4.31 Å². The molecule has 4 rings (SSSR count). The Bertz CT molecular complexity index is 1130. The standard InChI is InChI=1S/C27H37N3O4S/c1-20-8-9-25(18-21(20)2)35(32,33)30-16-10-22(11-17-30)27(31)28-24-12-14-29(15-13-24)19-23-6-4-5-7-26(23)34-3/h4-9,18,22,24H,10-17,19H2,1-3H3,(H,28,31). The number of aryl methyl sites for hydroxylation is 2. The van der Waals surface area contributed by atoms with Crippen LogP contribution >= 0.6 is 0 Å². The quantitative estimate of drug-likeness (QED) is 0.631. The van der Waals surface area contributed by atoms with Gasteiger partial charge in [0.1, 0.15) is 5.75 Å². The van der Waals surface area contributed by atoms with E-state index in [4.69, 9.17) is 4.74 Å². The van der Waals surface area contributed by atoms with Crippen molar-refractivity contribution in [3.63, 3.8) is 0 Å². The van der Waals surface area contributed by atoms with Crippen LogP contribution in [-0.4, -0.2) is 62.9 Å². The highest BCUT2D eigenvalue weighted by atomic mass is 32.2. The lowest BCUT2D eigenvalue weighted by molar-refractivity contribution is -0.127. The highest BCUT2D eigenvalue weighted by molar-refractivity contribution is 7.89. The Labute approximate surface area is 209 Å². The van der Waals surface area contributed by atoms with E-state index in [1.165, 1.54) is 9.87 Å². The van der Waals surface area contributed by atoms with Crippen LogP contribution in [-0.2, 0) is 21.4 Å². The van der Waals surface area contributed by atoms with Crippen LogP contribution < -0.4 is 10.1 Å². The number of para-hydroxylation sites is 1. The molecule has 2 aromatic carbocycles. The van der Waals surface area contributed by atoms with Crippen molar-refractivity contribution in [1.29, 1.82) is 0 Å². The predicted molar refractivity (Wildman–Crippen MR) is 137 cm³/mol. The first-order chi connectivity index (χ1) is 16.8. The summed E-state index contributed by atoms with van der Waals surface area (Å²) in [6.07, 6.45) is 2.95. The molecule has 1 amide bonds. The van der Waals surface area contributed by atoms with Crippen LogP contribution in [0.1, 0.15) is 42.4 Å². The van der Waals surface area contributed by atoms with Crippen molar-refractivity contribution >= 4 is 15.9 Å². The predicted octanol–water partition coefficient (Wildman–Crippen LogP) is 3.49. The molecule has 2 aromatic rings. The van der Waals surface area contributed by atoms with Gasteiger partial charge >= 0.3 is 0 Å². The van der Waals surface area contributed by atoms with E-state index in [1.54, 1.807) is 19.2 Å². The number of nitrogens with zero attached hydrogens (tertiary/aromatic N) is 2. The van der Waals surface area contributed by atoms with Gasteiger partial charge < -0.3 is 10.1 Å². The monoisotopic (exact) mass is 499 g/mol. The summed E-state index contributed by atoms with van der Waals surface area (Å²) in [4.78, 5) is 15.7. The number of carbonyl (C=O) groups is 1. The number of methoxy groups -OCH3 is 1. The van der Waals surface area contributed by atoms with Gasteiger partial charge in [-0.1, -0.05) is 24.3 Å². The van der Waals surface area contributed by atoms with E-state index in [2.05, 4.69) is 16.3 Å². The maximum Gasteiger partial charge on any atom is 0.243 e. The van der Waals surface area contributed by atoms with Crippen molar-refractivity contribution in [3.05, 3.63) is 59.2 Å². The van der Waals surface area contributed by atoms with Gasteiger partial charge in [0.15, 0.2) is 0 Å². The highest BCUT2D eigenvalue weighted by Gasteiger charge is 2.33. The summed E-state index contributed by atoms with van der Waals surface area (Å²) in [5.74, 6) is 0.845. The molecule has 0 radical (unpaired) electrons. The first kappa shape index (κ1) is 25.7. The highest BCUT2D eigenvalue weighted by Crippen LogP contribution is 2.26. The summed E-state index contributed by atoms with van der Waals surface area (Å²) < 4.78 is 33.1. The topological polar surface area (TPSA) is 79.0 Å². The fourth-order valence-corrected chi connectivity index (χ4v) is 6.57. The molecule has 8 heteroatoms. The van der Waals surface area contributed by atoms with Gasteiger partial charge in [-0.25, -0.2) is 8.42 Å². The Hall–Kier alpha value is -2.42. The first-order valence-corrected chi connectivity index (χ1v) is 13.9. The largest absolute Gasteiger partial charge is 0.496 e. The Balaban J connectivity index is 1.24. The minimum atomic E-state index is -3.53. The molecular formula is C27H37N3O4S. The second-order valence-electron chi connectivity index (χ2n) is 9.80. The molecule has 0 spiro atoms. The van der Waals surface area contributed by atoms with Crippen LogP contribution in [0.4, 0.5) is 0 Å². The molecule has 2 aliphatic heterocycles. The van der Waals surface area contributed by atoms with Gasteiger partial charge in [-0.3, -0.25) is 9.69 Å². The number of rotatable bonds is 7. The number of hydrogen-bond acceptors (Lipinski definition) is 5. The average molecular weight is 500 g/mol. The van der Waals surface area contributed by atoms with Crippen LogP contribution in [0, 0.1) is 19.8 Å². The van der Waals surface area contributed by atoms with Gasteiger partial charge in [0.25, 0.3) is 0 Å². The molecule has 2 heterocycles. The molecule has 2 aliphatic rings. The molecule has 0 bridgehead atoms. The Kier molecular flexibility index (Phi) is 8.14. The van der Waals surface area contributed by atoms with Gasteiger partial charge in [-0.05, 0) is 68.9 Å². The Morgan fingerprint density at radius 1 is 0.971 bits per heavy atom. The van der Waals surface area contributed by atoms with Crippen molar-refractivity contribution in [3.8, 4) is 5.75 Å². The molecule has 2 saturated heterocycles. The molecule has 7 nitrogen and oxygen atoms in total. The molecule has 190 valence electrons.